The number of hydrogen-bond acceptors (Lipinski definition) is 8. The van der Waals surface area contributed by atoms with Crippen LogP contribution < -0.4 is 9.64 Å². The van der Waals surface area contributed by atoms with Crippen molar-refractivity contribution >= 4 is 5.82 Å². The Balaban J connectivity index is 1.91. The fraction of sp³-hybridized carbons (Fsp3) is 0.480. The van der Waals surface area contributed by atoms with Crippen LogP contribution in [0.2, 0.25) is 0 Å². The first-order valence-corrected chi connectivity index (χ1v) is 11.5. The molecular formula is C25H34N4O4. The zero-order valence-corrected chi connectivity index (χ0v) is 20.1. The molecule has 3 rings (SSSR count). The Kier molecular flexibility index (Phi) is 8.41. The van der Waals surface area contributed by atoms with Crippen LogP contribution >= 0.6 is 0 Å². The average Bonchev–Trinajstić information content (AvgIpc) is 3.31. The number of ether oxygens (including phenoxy) is 1. The molecule has 0 amide bonds. The molecule has 0 fully saturated rings. The molecule has 0 unspecified atom stereocenters. The van der Waals surface area contributed by atoms with Crippen molar-refractivity contribution in [2.45, 2.75) is 41.0 Å². The molecule has 8 nitrogen and oxygen atoms in total. The number of rotatable bonds is 11. The molecule has 0 aliphatic heterocycles. The van der Waals surface area contributed by atoms with Gasteiger partial charge in [-0.25, -0.2) is 4.98 Å². The topological polar surface area (TPSA) is 105 Å². The van der Waals surface area contributed by atoms with Crippen molar-refractivity contribution in [1.82, 2.24) is 15.1 Å². The predicted molar refractivity (Wildman–Crippen MR) is 129 cm³/mol. The average molecular weight is 455 g/mol. The maximum absolute atomic E-state index is 9.31. The van der Waals surface area contributed by atoms with E-state index in [-0.39, 0.29) is 25.7 Å². The van der Waals surface area contributed by atoms with E-state index in [1.807, 2.05) is 38.1 Å². The normalized spacial score (nSPS) is 11.3. The third-order valence-electron chi connectivity index (χ3n) is 5.67. The first kappa shape index (κ1) is 24.7. The molecule has 0 aliphatic carbocycles. The number of anilines is 1. The van der Waals surface area contributed by atoms with Crippen LogP contribution in [0.15, 0.2) is 28.8 Å². The maximum atomic E-state index is 9.31. The summed E-state index contributed by atoms with van der Waals surface area (Å²) in [4.78, 5) is 11.5. The molecule has 0 radical (unpaired) electrons. The molecule has 2 aromatic heterocycles. The second-order valence-corrected chi connectivity index (χ2v) is 8.13. The lowest BCUT2D eigenvalue weighted by Gasteiger charge is -2.20. The second-order valence-electron chi connectivity index (χ2n) is 8.13. The fourth-order valence-electron chi connectivity index (χ4n) is 3.75. The highest BCUT2D eigenvalue weighted by Crippen LogP contribution is 2.32. The minimum absolute atomic E-state index is 0.120. The number of pyridine rings is 1. The lowest BCUT2D eigenvalue weighted by Crippen LogP contribution is -2.23. The number of benzene rings is 1. The van der Waals surface area contributed by atoms with Gasteiger partial charge in [-0.15, -0.1) is 0 Å². The monoisotopic (exact) mass is 454 g/mol. The standard InChI is InChI=1S/C25H34N4O4/c1-6-19-11-20(9-16(4)23(19)32-15-18(13-30)14-31)24-27-25(33-28-24)21-10-17(5)26-22(12-21)29(7-2)8-3/h9-12,18,30-31H,6-8,13-15H2,1-5H3. The van der Waals surface area contributed by atoms with Gasteiger partial charge < -0.3 is 24.4 Å². The zero-order valence-electron chi connectivity index (χ0n) is 20.1. The number of aryl methyl sites for hydroxylation is 3. The second kappa shape index (κ2) is 11.2. The molecule has 33 heavy (non-hydrogen) atoms. The van der Waals surface area contributed by atoms with Crippen molar-refractivity contribution in [1.29, 1.82) is 0 Å². The SMILES string of the molecule is CCc1cc(-c2noc(-c3cc(C)nc(N(CC)CC)c3)n2)cc(C)c1OCC(CO)CO. The number of aliphatic hydroxyl groups excluding tert-OH is 2. The Morgan fingerprint density at radius 1 is 0.970 bits per heavy atom. The number of nitrogens with zero attached hydrogens (tertiary/aromatic N) is 4. The van der Waals surface area contributed by atoms with Crippen LogP contribution in [0.25, 0.3) is 22.8 Å². The summed E-state index contributed by atoms with van der Waals surface area (Å²) < 4.78 is 11.6. The highest BCUT2D eigenvalue weighted by atomic mass is 16.5. The van der Waals surface area contributed by atoms with Gasteiger partial charge in [0.1, 0.15) is 11.6 Å². The zero-order chi connectivity index (χ0) is 24.0. The Morgan fingerprint density at radius 2 is 1.70 bits per heavy atom. The van der Waals surface area contributed by atoms with Crippen molar-refractivity contribution in [3.8, 4) is 28.6 Å². The van der Waals surface area contributed by atoms with Crippen LogP contribution in [0.3, 0.4) is 0 Å². The summed E-state index contributed by atoms with van der Waals surface area (Å²) in [6, 6.07) is 7.90. The van der Waals surface area contributed by atoms with E-state index in [0.29, 0.717) is 11.7 Å². The van der Waals surface area contributed by atoms with Gasteiger partial charge >= 0.3 is 0 Å². The van der Waals surface area contributed by atoms with E-state index in [0.717, 1.165) is 59.0 Å². The minimum Gasteiger partial charge on any atom is -0.493 e. The fourth-order valence-corrected chi connectivity index (χ4v) is 3.75. The first-order chi connectivity index (χ1) is 15.9. The molecule has 2 N–H and O–H groups in total. The Hall–Kier alpha value is -2.97. The molecular weight excluding hydrogens is 420 g/mol. The lowest BCUT2D eigenvalue weighted by atomic mass is 10.0. The molecule has 0 saturated heterocycles. The van der Waals surface area contributed by atoms with Gasteiger partial charge in [-0.3, -0.25) is 0 Å². The van der Waals surface area contributed by atoms with Gasteiger partial charge in [-0.1, -0.05) is 12.1 Å². The van der Waals surface area contributed by atoms with Crippen molar-refractivity contribution in [3.05, 3.63) is 41.1 Å². The van der Waals surface area contributed by atoms with E-state index >= 15 is 0 Å². The van der Waals surface area contributed by atoms with Gasteiger partial charge in [0, 0.05) is 35.8 Å². The summed E-state index contributed by atoms with van der Waals surface area (Å²) in [7, 11) is 0. The van der Waals surface area contributed by atoms with Crippen LogP contribution in [-0.4, -0.2) is 58.2 Å². The van der Waals surface area contributed by atoms with Crippen molar-refractivity contribution in [2.24, 2.45) is 5.92 Å². The molecule has 0 spiro atoms. The number of aliphatic hydroxyl groups is 2. The van der Waals surface area contributed by atoms with Crippen LogP contribution in [0.4, 0.5) is 5.82 Å². The summed E-state index contributed by atoms with van der Waals surface area (Å²) in [6.07, 6.45) is 0.758. The Morgan fingerprint density at radius 3 is 2.33 bits per heavy atom. The molecule has 0 bridgehead atoms. The Bertz CT molecular complexity index is 1060. The van der Waals surface area contributed by atoms with E-state index in [1.165, 1.54) is 0 Å². The van der Waals surface area contributed by atoms with Gasteiger partial charge in [0.25, 0.3) is 5.89 Å². The lowest BCUT2D eigenvalue weighted by molar-refractivity contribution is 0.105. The van der Waals surface area contributed by atoms with Crippen molar-refractivity contribution < 1.29 is 19.5 Å². The molecule has 0 aliphatic rings. The quantitative estimate of drug-likeness (QED) is 0.451. The van der Waals surface area contributed by atoms with E-state index in [2.05, 4.69) is 40.8 Å². The predicted octanol–water partition coefficient (Wildman–Crippen LogP) is 3.80. The largest absolute Gasteiger partial charge is 0.493 e. The van der Waals surface area contributed by atoms with E-state index in [1.54, 1.807) is 0 Å². The van der Waals surface area contributed by atoms with Gasteiger partial charge in [-0.05, 0) is 69.5 Å². The summed E-state index contributed by atoms with van der Waals surface area (Å²) >= 11 is 0. The molecule has 8 heteroatoms. The summed E-state index contributed by atoms with van der Waals surface area (Å²) in [5, 5.41) is 22.8. The highest BCUT2D eigenvalue weighted by Gasteiger charge is 2.17. The van der Waals surface area contributed by atoms with Gasteiger partial charge in [0.2, 0.25) is 5.82 Å². The van der Waals surface area contributed by atoms with E-state index in [9.17, 15) is 10.2 Å². The highest BCUT2D eigenvalue weighted by molar-refractivity contribution is 5.65. The van der Waals surface area contributed by atoms with Crippen LogP contribution in [0, 0.1) is 19.8 Å². The molecule has 178 valence electrons. The van der Waals surface area contributed by atoms with E-state index in [4.69, 9.17) is 9.26 Å². The van der Waals surface area contributed by atoms with Crippen LogP contribution in [0.1, 0.15) is 37.6 Å². The maximum Gasteiger partial charge on any atom is 0.258 e. The third-order valence-corrected chi connectivity index (χ3v) is 5.67. The van der Waals surface area contributed by atoms with Crippen molar-refractivity contribution in [3.63, 3.8) is 0 Å². The smallest absolute Gasteiger partial charge is 0.258 e. The van der Waals surface area contributed by atoms with Gasteiger partial charge in [-0.2, -0.15) is 4.98 Å². The molecule has 0 saturated carbocycles. The van der Waals surface area contributed by atoms with Crippen molar-refractivity contribution in [2.75, 3.05) is 37.8 Å². The van der Waals surface area contributed by atoms with Gasteiger partial charge in [0.15, 0.2) is 0 Å². The molecule has 0 atom stereocenters. The summed E-state index contributed by atoms with van der Waals surface area (Å²) in [6.45, 7) is 11.9. The number of aromatic nitrogens is 3. The summed E-state index contributed by atoms with van der Waals surface area (Å²) in [5.41, 5.74) is 4.53. The Labute approximate surface area is 195 Å². The molecule has 3 aromatic rings. The summed E-state index contributed by atoms with van der Waals surface area (Å²) in [5.74, 6) is 2.32. The first-order valence-electron chi connectivity index (χ1n) is 11.5. The van der Waals surface area contributed by atoms with Crippen LogP contribution in [-0.2, 0) is 6.42 Å². The van der Waals surface area contributed by atoms with E-state index < -0.39 is 0 Å². The van der Waals surface area contributed by atoms with Crippen LogP contribution in [0.5, 0.6) is 5.75 Å². The minimum atomic E-state index is -0.307. The third kappa shape index (κ3) is 5.69. The molecule has 1 aromatic carbocycles. The number of hydrogen-bond donors (Lipinski definition) is 2. The molecule has 2 heterocycles. The van der Waals surface area contributed by atoms with Gasteiger partial charge in [0.05, 0.1) is 19.8 Å².